The summed E-state index contributed by atoms with van der Waals surface area (Å²) in [4.78, 5) is 29.0. The first-order valence-corrected chi connectivity index (χ1v) is 16.3. The predicted octanol–water partition coefficient (Wildman–Crippen LogP) is 7.82. The SMILES string of the molecule is COC(C(=O)N1C2CCC1CC(Cc1cccc(NC(=O)Nc3cc(C(C)(C)C)nn3-c3ccc(C)cc3)c1)C2)c1ccccc1. The standard InChI is InChI=1S/C38H45N5O3/c1-25-14-16-30(17-15-25)43-34(24-33(41-43)38(2,3)4)40-37(45)39-29-13-9-10-26(21-29)20-27-22-31-18-19-32(23-27)42(31)36(44)35(46-5)28-11-7-6-8-12-28/h6-17,21,24,27,31-32,35H,18-20,22-23H2,1-5H3,(H2,39,40,45). The monoisotopic (exact) mass is 619 g/mol. The van der Waals surface area contributed by atoms with Crippen molar-refractivity contribution in [2.45, 2.75) is 83.4 Å². The van der Waals surface area contributed by atoms with E-state index < -0.39 is 6.10 Å². The Balaban J connectivity index is 1.10. The highest BCUT2D eigenvalue weighted by Gasteiger charge is 2.45. The zero-order valence-electron chi connectivity index (χ0n) is 27.5. The molecular weight excluding hydrogens is 574 g/mol. The Kier molecular flexibility index (Phi) is 9.00. The molecule has 2 N–H and O–H groups in total. The van der Waals surface area contributed by atoms with Crippen molar-refractivity contribution in [3.05, 3.63) is 107 Å². The number of hydrogen-bond donors (Lipinski definition) is 2. The molecule has 0 spiro atoms. The Morgan fingerprint density at radius 1 is 0.913 bits per heavy atom. The Morgan fingerprint density at radius 3 is 2.26 bits per heavy atom. The molecule has 3 amide bonds. The van der Waals surface area contributed by atoms with E-state index >= 15 is 0 Å². The number of aromatic nitrogens is 2. The number of benzene rings is 3. The largest absolute Gasteiger partial charge is 0.367 e. The lowest BCUT2D eigenvalue weighted by Crippen LogP contribution is -2.49. The summed E-state index contributed by atoms with van der Waals surface area (Å²) >= 11 is 0. The highest BCUT2D eigenvalue weighted by molar-refractivity contribution is 5.99. The van der Waals surface area contributed by atoms with Gasteiger partial charge >= 0.3 is 6.03 Å². The number of amides is 3. The maximum Gasteiger partial charge on any atom is 0.324 e. The zero-order chi connectivity index (χ0) is 32.4. The van der Waals surface area contributed by atoms with Crippen molar-refractivity contribution in [2.24, 2.45) is 5.92 Å². The minimum absolute atomic E-state index is 0.0789. The van der Waals surface area contributed by atoms with Crippen LogP contribution in [-0.2, 0) is 21.4 Å². The summed E-state index contributed by atoms with van der Waals surface area (Å²) in [7, 11) is 1.62. The molecule has 240 valence electrons. The average Bonchev–Trinajstić information content (AvgIpc) is 3.57. The lowest BCUT2D eigenvalue weighted by Gasteiger charge is -2.40. The molecule has 2 fully saturated rings. The lowest BCUT2D eigenvalue weighted by molar-refractivity contribution is -0.147. The smallest absolute Gasteiger partial charge is 0.324 e. The van der Waals surface area contributed by atoms with Gasteiger partial charge in [0, 0.05) is 36.4 Å². The number of nitrogens with one attached hydrogen (secondary N) is 2. The van der Waals surface area contributed by atoms with Gasteiger partial charge in [-0.25, -0.2) is 9.48 Å². The van der Waals surface area contributed by atoms with Crippen LogP contribution in [0.3, 0.4) is 0 Å². The molecule has 2 saturated heterocycles. The summed E-state index contributed by atoms with van der Waals surface area (Å²) in [6.07, 6.45) is 4.38. The number of aryl methyl sites for hydroxylation is 1. The van der Waals surface area contributed by atoms with E-state index in [0.717, 1.165) is 60.3 Å². The summed E-state index contributed by atoms with van der Waals surface area (Å²) in [5.74, 6) is 1.17. The second kappa shape index (κ2) is 13.1. The zero-order valence-corrected chi connectivity index (χ0v) is 27.5. The molecule has 3 atom stereocenters. The third kappa shape index (κ3) is 6.87. The van der Waals surface area contributed by atoms with Crippen LogP contribution in [0.4, 0.5) is 16.3 Å². The molecular formula is C38H45N5O3. The van der Waals surface area contributed by atoms with Crippen LogP contribution in [0, 0.1) is 12.8 Å². The van der Waals surface area contributed by atoms with Gasteiger partial charge in [-0.15, -0.1) is 0 Å². The Labute approximate surface area is 272 Å². The van der Waals surface area contributed by atoms with Crippen molar-refractivity contribution >= 4 is 23.4 Å². The number of fused-ring (bicyclic) bond motifs is 2. The number of ether oxygens (including phenoxy) is 1. The van der Waals surface area contributed by atoms with Crippen molar-refractivity contribution in [3.63, 3.8) is 0 Å². The summed E-state index contributed by atoms with van der Waals surface area (Å²) in [5.41, 5.74) is 5.60. The topological polar surface area (TPSA) is 88.5 Å². The number of piperidine rings is 1. The first-order chi connectivity index (χ1) is 22.1. The summed E-state index contributed by atoms with van der Waals surface area (Å²) in [6.45, 7) is 8.38. The normalized spacial score (nSPS) is 19.9. The average molecular weight is 620 g/mol. The van der Waals surface area contributed by atoms with Crippen LogP contribution >= 0.6 is 0 Å². The van der Waals surface area contributed by atoms with E-state index in [-0.39, 0.29) is 29.4 Å². The first kappa shape index (κ1) is 31.5. The van der Waals surface area contributed by atoms with Crippen LogP contribution in [-0.4, -0.2) is 45.8 Å². The van der Waals surface area contributed by atoms with Gasteiger partial charge in [0.25, 0.3) is 5.91 Å². The quantitative estimate of drug-likeness (QED) is 0.211. The minimum atomic E-state index is -0.565. The van der Waals surface area contributed by atoms with Crippen molar-refractivity contribution in [2.75, 3.05) is 17.7 Å². The maximum atomic E-state index is 13.6. The molecule has 3 heterocycles. The number of carbonyl (C=O) groups excluding carboxylic acids is 2. The molecule has 0 saturated carbocycles. The molecule has 46 heavy (non-hydrogen) atoms. The van der Waals surface area contributed by atoms with Crippen molar-refractivity contribution < 1.29 is 14.3 Å². The number of rotatable bonds is 8. The molecule has 4 aromatic rings. The highest BCUT2D eigenvalue weighted by Crippen LogP contribution is 2.42. The second-order valence-electron chi connectivity index (χ2n) is 13.9. The fourth-order valence-corrected chi connectivity index (χ4v) is 7.07. The Hall–Kier alpha value is -4.43. The van der Waals surface area contributed by atoms with Crippen molar-refractivity contribution in [3.8, 4) is 5.69 Å². The molecule has 8 nitrogen and oxygen atoms in total. The van der Waals surface area contributed by atoms with E-state index in [1.54, 1.807) is 11.8 Å². The third-order valence-corrected chi connectivity index (χ3v) is 9.35. The van der Waals surface area contributed by atoms with Gasteiger partial charge < -0.3 is 15.0 Å². The van der Waals surface area contributed by atoms with E-state index in [2.05, 4.69) is 48.4 Å². The predicted molar refractivity (Wildman–Crippen MR) is 182 cm³/mol. The summed E-state index contributed by atoms with van der Waals surface area (Å²) in [6, 6.07) is 28.1. The highest BCUT2D eigenvalue weighted by atomic mass is 16.5. The molecule has 3 unspecified atom stereocenters. The number of carbonyl (C=O) groups is 2. The maximum absolute atomic E-state index is 13.6. The molecule has 0 aliphatic carbocycles. The molecule has 8 heteroatoms. The lowest BCUT2D eigenvalue weighted by atomic mass is 9.85. The van der Waals surface area contributed by atoms with Crippen LogP contribution in [0.25, 0.3) is 5.69 Å². The second-order valence-corrected chi connectivity index (χ2v) is 13.9. The molecule has 6 rings (SSSR count). The first-order valence-electron chi connectivity index (χ1n) is 16.3. The van der Waals surface area contributed by atoms with E-state index in [4.69, 9.17) is 9.84 Å². The van der Waals surface area contributed by atoms with Gasteiger partial charge in [-0.3, -0.25) is 10.1 Å². The Bertz CT molecular complexity index is 1660. The molecule has 3 aromatic carbocycles. The Morgan fingerprint density at radius 2 is 1.61 bits per heavy atom. The van der Waals surface area contributed by atoms with Gasteiger partial charge in [-0.2, -0.15) is 5.10 Å². The van der Waals surface area contributed by atoms with Gasteiger partial charge in [0.05, 0.1) is 11.4 Å². The number of anilines is 2. The number of hydrogen-bond acceptors (Lipinski definition) is 4. The van der Waals surface area contributed by atoms with Crippen LogP contribution in [0.1, 0.15) is 74.9 Å². The van der Waals surface area contributed by atoms with Crippen LogP contribution < -0.4 is 10.6 Å². The summed E-state index contributed by atoms with van der Waals surface area (Å²) < 4.78 is 7.48. The van der Waals surface area contributed by atoms with E-state index in [9.17, 15) is 9.59 Å². The number of urea groups is 1. The molecule has 2 aliphatic rings. The van der Waals surface area contributed by atoms with Gasteiger partial charge in [0.1, 0.15) is 5.82 Å². The van der Waals surface area contributed by atoms with Crippen molar-refractivity contribution in [1.29, 1.82) is 0 Å². The minimum Gasteiger partial charge on any atom is -0.367 e. The van der Waals surface area contributed by atoms with Gasteiger partial charge in [-0.1, -0.05) is 80.9 Å². The fourth-order valence-electron chi connectivity index (χ4n) is 7.07. The molecule has 0 radical (unpaired) electrons. The van der Waals surface area contributed by atoms with E-state index in [0.29, 0.717) is 11.7 Å². The van der Waals surface area contributed by atoms with Crippen LogP contribution in [0.2, 0.25) is 0 Å². The number of methoxy groups -OCH3 is 1. The van der Waals surface area contributed by atoms with E-state index in [1.807, 2.05) is 79.7 Å². The number of nitrogens with zero attached hydrogens (tertiary/aromatic N) is 3. The molecule has 2 bridgehead atoms. The van der Waals surface area contributed by atoms with Gasteiger partial charge in [0.15, 0.2) is 6.10 Å². The molecule has 2 aliphatic heterocycles. The fraction of sp³-hybridized carbons (Fsp3) is 0.395. The van der Waals surface area contributed by atoms with E-state index in [1.165, 1.54) is 5.56 Å². The van der Waals surface area contributed by atoms with Gasteiger partial charge in [0.2, 0.25) is 0 Å². The van der Waals surface area contributed by atoms with Crippen LogP contribution in [0.5, 0.6) is 0 Å². The van der Waals surface area contributed by atoms with Crippen molar-refractivity contribution in [1.82, 2.24) is 14.7 Å². The molecule has 1 aromatic heterocycles. The third-order valence-electron chi connectivity index (χ3n) is 9.35. The van der Waals surface area contributed by atoms with Crippen LogP contribution in [0.15, 0.2) is 84.9 Å². The summed E-state index contributed by atoms with van der Waals surface area (Å²) in [5, 5.41) is 10.9. The van der Waals surface area contributed by atoms with Gasteiger partial charge in [-0.05, 0) is 80.3 Å².